The Kier molecular flexibility index (Phi) is 6.29. The van der Waals surface area contributed by atoms with Crippen molar-refractivity contribution in [1.29, 1.82) is 0 Å². The van der Waals surface area contributed by atoms with Crippen molar-refractivity contribution in [2.45, 2.75) is 26.7 Å². The van der Waals surface area contributed by atoms with Crippen molar-refractivity contribution in [3.63, 3.8) is 0 Å². The van der Waals surface area contributed by atoms with Gasteiger partial charge in [-0.05, 0) is 36.1 Å². The number of rotatable bonds is 6. The molecule has 1 aliphatic rings. The van der Waals surface area contributed by atoms with E-state index in [1.807, 2.05) is 6.07 Å². The lowest BCUT2D eigenvalue weighted by atomic mass is 10.0. The van der Waals surface area contributed by atoms with Crippen LogP contribution in [0.25, 0.3) is 0 Å². The van der Waals surface area contributed by atoms with Crippen LogP contribution in [0, 0.1) is 0 Å². The summed E-state index contributed by atoms with van der Waals surface area (Å²) in [7, 11) is 0. The van der Waals surface area contributed by atoms with Gasteiger partial charge in [-0.2, -0.15) is 0 Å². The Balaban J connectivity index is 1.54. The van der Waals surface area contributed by atoms with Gasteiger partial charge >= 0.3 is 0 Å². The van der Waals surface area contributed by atoms with E-state index in [2.05, 4.69) is 31.3 Å². The summed E-state index contributed by atoms with van der Waals surface area (Å²) < 4.78 is 5.19. The quantitative estimate of drug-likeness (QED) is 0.807. The molecule has 0 radical (unpaired) electrons. The number of para-hydroxylation sites is 1. The van der Waals surface area contributed by atoms with Gasteiger partial charge in [0.25, 0.3) is 11.8 Å². The third-order valence-electron chi connectivity index (χ3n) is 5.16. The SMILES string of the molecule is CCc1cccc(CC)c1NC(=O)C[NH+]1CCN(C(=O)c2ccco2)CC1. The van der Waals surface area contributed by atoms with E-state index < -0.39 is 0 Å². The van der Waals surface area contributed by atoms with Crippen LogP contribution in [0.5, 0.6) is 0 Å². The summed E-state index contributed by atoms with van der Waals surface area (Å²) in [6, 6.07) is 9.60. The van der Waals surface area contributed by atoms with E-state index in [0.717, 1.165) is 31.6 Å². The molecule has 1 saturated heterocycles. The van der Waals surface area contributed by atoms with Gasteiger partial charge in [-0.15, -0.1) is 0 Å². The maximum Gasteiger partial charge on any atom is 0.289 e. The molecule has 1 aromatic carbocycles. The maximum absolute atomic E-state index is 12.6. The van der Waals surface area contributed by atoms with Gasteiger partial charge in [-0.3, -0.25) is 9.59 Å². The first kappa shape index (κ1) is 19.2. The highest BCUT2D eigenvalue weighted by atomic mass is 16.3. The summed E-state index contributed by atoms with van der Waals surface area (Å²) in [5.74, 6) is 0.332. The minimum Gasteiger partial charge on any atom is -0.459 e. The van der Waals surface area contributed by atoms with E-state index in [1.165, 1.54) is 22.3 Å². The number of benzene rings is 1. The summed E-state index contributed by atoms with van der Waals surface area (Å²) in [4.78, 5) is 27.9. The van der Waals surface area contributed by atoms with E-state index in [9.17, 15) is 9.59 Å². The van der Waals surface area contributed by atoms with E-state index >= 15 is 0 Å². The van der Waals surface area contributed by atoms with Crippen molar-refractivity contribution >= 4 is 17.5 Å². The van der Waals surface area contributed by atoms with Gasteiger partial charge in [-0.25, -0.2) is 0 Å². The molecule has 0 saturated carbocycles. The molecule has 1 fully saturated rings. The van der Waals surface area contributed by atoms with Crippen LogP contribution in [0.15, 0.2) is 41.0 Å². The number of piperazine rings is 1. The first-order valence-electron chi connectivity index (χ1n) is 9.69. The molecule has 0 spiro atoms. The summed E-state index contributed by atoms with van der Waals surface area (Å²) in [6.45, 7) is 7.41. The number of nitrogens with one attached hydrogen (secondary N) is 2. The Morgan fingerprint density at radius 1 is 1.07 bits per heavy atom. The molecule has 27 heavy (non-hydrogen) atoms. The zero-order valence-corrected chi connectivity index (χ0v) is 16.1. The number of quaternary nitrogens is 1. The summed E-state index contributed by atoms with van der Waals surface area (Å²) >= 11 is 0. The second-order valence-corrected chi connectivity index (χ2v) is 6.90. The molecule has 0 aliphatic carbocycles. The van der Waals surface area contributed by atoms with Crippen LogP contribution in [0.3, 0.4) is 0 Å². The van der Waals surface area contributed by atoms with Crippen molar-refractivity contribution in [2.24, 2.45) is 0 Å². The molecule has 144 valence electrons. The van der Waals surface area contributed by atoms with Crippen LogP contribution < -0.4 is 10.2 Å². The van der Waals surface area contributed by atoms with Gasteiger partial charge in [0.2, 0.25) is 0 Å². The average Bonchev–Trinajstić information content (AvgIpc) is 3.23. The Morgan fingerprint density at radius 2 is 1.74 bits per heavy atom. The molecule has 2 N–H and O–H groups in total. The molecule has 0 atom stereocenters. The number of carbonyl (C=O) groups is 2. The van der Waals surface area contributed by atoms with E-state index in [0.29, 0.717) is 25.4 Å². The lowest BCUT2D eigenvalue weighted by molar-refractivity contribution is -0.895. The minimum atomic E-state index is -0.0760. The molecule has 1 aromatic heterocycles. The number of hydrogen-bond acceptors (Lipinski definition) is 3. The van der Waals surface area contributed by atoms with Crippen LogP contribution in [0.4, 0.5) is 5.69 Å². The lowest BCUT2D eigenvalue weighted by Gasteiger charge is -2.31. The molecule has 6 nitrogen and oxygen atoms in total. The number of nitrogens with zero attached hydrogens (tertiary/aromatic N) is 1. The zero-order chi connectivity index (χ0) is 19.2. The first-order valence-corrected chi connectivity index (χ1v) is 9.69. The van der Waals surface area contributed by atoms with Crippen molar-refractivity contribution in [3.05, 3.63) is 53.5 Å². The summed E-state index contributed by atoms with van der Waals surface area (Å²) in [5, 5.41) is 3.13. The lowest BCUT2D eigenvalue weighted by Crippen LogP contribution is -3.15. The third-order valence-corrected chi connectivity index (χ3v) is 5.16. The summed E-state index contributed by atoms with van der Waals surface area (Å²) in [6.07, 6.45) is 3.30. The number of aryl methyl sites for hydroxylation is 2. The molecular weight excluding hydrogens is 342 g/mol. The van der Waals surface area contributed by atoms with Gasteiger partial charge < -0.3 is 19.5 Å². The Hall–Kier alpha value is -2.60. The molecule has 2 amide bonds. The van der Waals surface area contributed by atoms with Gasteiger partial charge in [-0.1, -0.05) is 32.0 Å². The van der Waals surface area contributed by atoms with Crippen LogP contribution in [0.2, 0.25) is 0 Å². The highest BCUT2D eigenvalue weighted by Crippen LogP contribution is 2.22. The smallest absolute Gasteiger partial charge is 0.289 e. The van der Waals surface area contributed by atoms with Gasteiger partial charge in [0, 0.05) is 5.69 Å². The maximum atomic E-state index is 12.6. The second-order valence-electron chi connectivity index (χ2n) is 6.90. The van der Waals surface area contributed by atoms with Gasteiger partial charge in [0.1, 0.15) is 0 Å². The van der Waals surface area contributed by atoms with Crippen LogP contribution >= 0.6 is 0 Å². The van der Waals surface area contributed by atoms with Crippen molar-refractivity contribution in [3.8, 4) is 0 Å². The van der Waals surface area contributed by atoms with Crippen molar-refractivity contribution < 1.29 is 18.9 Å². The Labute approximate surface area is 160 Å². The molecule has 2 heterocycles. The van der Waals surface area contributed by atoms with Gasteiger partial charge in [0.05, 0.1) is 32.4 Å². The molecule has 2 aromatic rings. The topological polar surface area (TPSA) is 67.0 Å². The molecule has 1 aliphatic heterocycles. The van der Waals surface area contributed by atoms with Crippen LogP contribution in [-0.2, 0) is 17.6 Å². The van der Waals surface area contributed by atoms with E-state index in [4.69, 9.17) is 4.42 Å². The molecule has 0 bridgehead atoms. The predicted octanol–water partition coefficient (Wildman–Crippen LogP) is 1.38. The van der Waals surface area contributed by atoms with Crippen molar-refractivity contribution in [2.75, 3.05) is 38.0 Å². The normalized spacial score (nSPS) is 15.0. The van der Waals surface area contributed by atoms with Crippen LogP contribution in [-0.4, -0.2) is 49.4 Å². The molecule has 3 rings (SSSR count). The standard InChI is InChI=1S/C21H27N3O3/c1-3-16-7-5-8-17(4-2)20(16)22-19(25)15-23-10-12-24(13-11-23)21(26)18-9-6-14-27-18/h5-9,14H,3-4,10-13,15H2,1-2H3,(H,22,25)/p+1. The highest BCUT2D eigenvalue weighted by molar-refractivity contribution is 5.93. The number of carbonyl (C=O) groups excluding carboxylic acids is 2. The molecule has 6 heteroatoms. The fourth-order valence-electron chi connectivity index (χ4n) is 3.57. The fraction of sp³-hybridized carbons (Fsp3) is 0.429. The van der Waals surface area contributed by atoms with Gasteiger partial charge in [0.15, 0.2) is 12.3 Å². The largest absolute Gasteiger partial charge is 0.459 e. The van der Waals surface area contributed by atoms with E-state index in [1.54, 1.807) is 17.0 Å². The fourth-order valence-corrected chi connectivity index (χ4v) is 3.57. The highest BCUT2D eigenvalue weighted by Gasteiger charge is 2.27. The number of anilines is 1. The third kappa shape index (κ3) is 4.57. The Bertz CT molecular complexity index is 756. The monoisotopic (exact) mass is 370 g/mol. The van der Waals surface area contributed by atoms with Crippen molar-refractivity contribution in [1.82, 2.24) is 4.90 Å². The molecule has 0 unspecified atom stereocenters. The van der Waals surface area contributed by atoms with E-state index in [-0.39, 0.29) is 11.8 Å². The molecular formula is C21H28N3O3+. The number of hydrogen-bond donors (Lipinski definition) is 2. The second kappa shape index (κ2) is 8.86. The number of furan rings is 1. The minimum absolute atomic E-state index is 0.0337. The Morgan fingerprint density at radius 3 is 2.30 bits per heavy atom. The average molecular weight is 370 g/mol. The number of amides is 2. The first-order chi connectivity index (χ1) is 13.1. The van der Waals surface area contributed by atoms with Crippen LogP contribution in [0.1, 0.15) is 35.5 Å². The zero-order valence-electron chi connectivity index (χ0n) is 16.1. The predicted molar refractivity (Wildman–Crippen MR) is 104 cm³/mol. The summed E-state index contributed by atoms with van der Waals surface area (Å²) in [5.41, 5.74) is 3.32.